The molecule has 0 aliphatic heterocycles. The van der Waals surface area contributed by atoms with Gasteiger partial charge >= 0.3 is 5.97 Å². The monoisotopic (exact) mass is 379 g/mol. The number of rotatable bonds is 12. The average molecular weight is 379 g/mol. The molecule has 6 nitrogen and oxygen atoms in total. The molecule has 0 aliphatic rings. The molecule has 0 fully saturated rings. The number of hydrogen-bond acceptors (Lipinski definition) is 5. The smallest absolute Gasteiger partial charge is 0.341 e. The number of hydrogen-bond donors (Lipinski definition) is 1. The molecule has 0 spiro atoms. The zero-order valence-electron chi connectivity index (χ0n) is 17.2. The van der Waals surface area contributed by atoms with Gasteiger partial charge in [-0.05, 0) is 44.4 Å². The number of amides is 1. The molecule has 1 aromatic carbocycles. The summed E-state index contributed by atoms with van der Waals surface area (Å²) in [7, 11) is 1.32. The van der Waals surface area contributed by atoms with Crippen molar-refractivity contribution in [3.63, 3.8) is 0 Å². The lowest BCUT2D eigenvalue weighted by atomic mass is 9.98. The van der Waals surface area contributed by atoms with Crippen molar-refractivity contribution < 1.29 is 23.8 Å². The van der Waals surface area contributed by atoms with Crippen LogP contribution in [0.15, 0.2) is 18.2 Å². The Morgan fingerprint density at radius 3 is 2.41 bits per heavy atom. The number of ether oxygens (including phenoxy) is 3. The van der Waals surface area contributed by atoms with E-state index in [4.69, 9.17) is 14.2 Å². The first-order valence-corrected chi connectivity index (χ1v) is 9.72. The fourth-order valence-corrected chi connectivity index (χ4v) is 2.65. The molecule has 1 amide bonds. The van der Waals surface area contributed by atoms with E-state index in [9.17, 15) is 9.59 Å². The first kappa shape index (κ1) is 23.0. The van der Waals surface area contributed by atoms with Crippen LogP contribution in [0.25, 0.3) is 0 Å². The molecule has 0 saturated carbocycles. The van der Waals surface area contributed by atoms with Gasteiger partial charge in [0.1, 0.15) is 16.9 Å². The number of carbonyl (C=O) groups is 2. The van der Waals surface area contributed by atoms with Crippen molar-refractivity contribution in [2.45, 2.75) is 65.4 Å². The van der Waals surface area contributed by atoms with E-state index in [2.05, 4.69) is 12.2 Å². The number of esters is 1. The average Bonchev–Trinajstić information content (AvgIpc) is 2.67. The van der Waals surface area contributed by atoms with Crippen molar-refractivity contribution in [3.05, 3.63) is 23.8 Å². The Bertz CT molecular complexity index is 617. The van der Waals surface area contributed by atoms with Crippen LogP contribution in [0.4, 0.5) is 5.69 Å². The predicted octanol–water partition coefficient (Wildman–Crippen LogP) is 4.58. The summed E-state index contributed by atoms with van der Waals surface area (Å²) in [6, 6.07) is 4.98. The molecular formula is C21H33NO5. The summed E-state index contributed by atoms with van der Waals surface area (Å²) in [4.78, 5) is 24.9. The Morgan fingerprint density at radius 2 is 1.81 bits per heavy atom. The third-order valence-electron chi connectivity index (χ3n) is 4.23. The van der Waals surface area contributed by atoms with E-state index in [0.29, 0.717) is 31.1 Å². The summed E-state index contributed by atoms with van der Waals surface area (Å²) in [5.41, 5.74) is -0.115. The van der Waals surface area contributed by atoms with Crippen molar-refractivity contribution in [1.82, 2.24) is 0 Å². The van der Waals surface area contributed by atoms with Crippen molar-refractivity contribution in [2.24, 2.45) is 0 Å². The molecule has 1 aromatic rings. The van der Waals surface area contributed by atoms with Gasteiger partial charge in [-0.15, -0.1) is 0 Å². The zero-order valence-corrected chi connectivity index (χ0v) is 17.2. The predicted molar refractivity (Wildman–Crippen MR) is 106 cm³/mol. The minimum absolute atomic E-state index is 0.228. The minimum atomic E-state index is -0.910. The standard InChI is InChI=1S/C21H33NO5/c1-6-9-14-26-18-11-10-16(15-17(18)19(23)25-5)22-20(24)21(4,12-7-2)27-13-8-3/h10-11,15H,6-9,12-14H2,1-5H3,(H,22,24)/t21-/m0/s1. The number of anilines is 1. The molecular weight excluding hydrogens is 346 g/mol. The maximum absolute atomic E-state index is 12.8. The molecule has 1 N–H and O–H groups in total. The Balaban J connectivity index is 3.01. The van der Waals surface area contributed by atoms with Crippen LogP contribution in [0.5, 0.6) is 5.75 Å². The van der Waals surface area contributed by atoms with E-state index in [1.54, 1.807) is 25.1 Å². The van der Waals surface area contributed by atoms with Crippen molar-refractivity contribution >= 4 is 17.6 Å². The Morgan fingerprint density at radius 1 is 1.07 bits per heavy atom. The maximum Gasteiger partial charge on any atom is 0.341 e. The second-order valence-electron chi connectivity index (χ2n) is 6.69. The van der Waals surface area contributed by atoms with Crippen LogP contribution in [-0.4, -0.2) is 37.8 Å². The number of methoxy groups -OCH3 is 1. The van der Waals surface area contributed by atoms with Crippen LogP contribution in [0.3, 0.4) is 0 Å². The van der Waals surface area contributed by atoms with Crippen LogP contribution in [-0.2, 0) is 14.3 Å². The molecule has 0 aromatic heterocycles. The summed E-state index contributed by atoms with van der Waals surface area (Å²) in [6.07, 6.45) is 4.16. The van der Waals surface area contributed by atoms with Gasteiger partial charge in [0.05, 0.1) is 13.7 Å². The quantitative estimate of drug-likeness (QED) is 0.425. The molecule has 0 saturated heterocycles. The number of unbranched alkanes of at least 4 members (excludes halogenated alkanes) is 1. The van der Waals surface area contributed by atoms with Crippen molar-refractivity contribution in [1.29, 1.82) is 0 Å². The highest BCUT2D eigenvalue weighted by Crippen LogP contribution is 2.26. The van der Waals surface area contributed by atoms with E-state index >= 15 is 0 Å². The normalized spacial score (nSPS) is 12.9. The van der Waals surface area contributed by atoms with E-state index in [-0.39, 0.29) is 11.5 Å². The van der Waals surface area contributed by atoms with E-state index < -0.39 is 11.6 Å². The van der Waals surface area contributed by atoms with E-state index in [1.807, 2.05) is 13.8 Å². The first-order chi connectivity index (χ1) is 12.9. The number of carbonyl (C=O) groups excluding carboxylic acids is 2. The van der Waals surface area contributed by atoms with Gasteiger partial charge in [0.25, 0.3) is 5.91 Å². The number of benzene rings is 1. The van der Waals surface area contributed by atoms with Gasteiger partial charge in [-0.2, -0.15) is 0 Å². The molecule has 0 heterocycles. The lowest BCUT2D eigenvalue weighted by Crippen LogP contribution is -2.43. The SMILES string of the molecule is CCCCOc1ccc(NC(=O)[C@](C)(CCC)OCCC)cc1C(=O)OC. The molecule has 0 bridgehead atoms. The second kappa shape index (κ2) is 11.6. The topological polar surface area (TPSA) is 73.9 Å². The van der Waals surface area contributed by atoms with E-state index in [0.717, 1.165) is 25.7 Å². The lowest BCUT2D eigenvalue weighted by Gasteiger charge is -2.28. The van der Waals surface area contributed by atoms with Crippen LogP contribution in [0.2, 0.25) is 0 Å². The minimum Gasteiger partial charge on any atom is -0.493 e. The fourth-order valence-electron chi connectivity index (χ4n) is 2.65. The summed E-state index contributed by atoms with van der Waals surface area (Å²) in [5.74, 6) is -0.281. The largest absolute Gasteiger partial charge is 0.493 e. The van der Waals surface area contributed by atoms with Crippen LogP contribution in [0.1, 0.15) is 70.2 Å². The van der Waals surface area contributed by atoms with Gasteiger partial charge in [-0.25, -0.2) is 4.79 Å². The maximum atomic E-state index is 12.8. The number of nitrogens with one attached hydrogen (secondary N) is 1. The van der Waals surface area contributed by atoms with Gasteiger partial charge in [-0.1, -0.05) is 33.6 Å². The highest BCUT2D eigenvalue weighted by molar-refractivity contribution is 5.99. The van der Waals surface area contributed by atoms with Gasteiger partial charge in [0.15, 0.2) is 0 Å². The van der Waals surface area contributed by atoms with Crippen LogP contribution in [0, 0.1) is 0 Å². The van der Waals surface area contributed by atoms with Crippen LogP contribution < -0.4 is 10.1 Å². The van der Waals surface area contributed by atoms with Crippen LogP contribution >= 0.6 is 0 Å². The molecule has 152 valence electrons. The molecule has 6 heteroatoms. The third-order valence-corrected chi connectivity index (χ3v) is 4.23. The summed E-state index contributed by atoms with van der Waals surface area (Å²) < 4.78 is 16.3. The van der Waals surface area contributed by atoms with E-state index in [1.165, 1.54) is 7.11 Å². The molecule has 27 heavy (non-hydrogen) atoms. The Kier molecular flexibility index (Phi) is 9.86. The molecule has 1 rings (SSSR count). The zero-order chi connectivity index (χ0) is 20.3. The molecule has 0 radical (unpaired) electrons. The first-order valence-electron chi connectivity index (χ1n) is 9.72. The van der Waals surface area contributed by atoms with Crippen molar-refractivity contribution in [2.75, 3.05) is 25.6 Å². The summed E-state index contributed by atoms with van der Waals surface area (Å²) in [5, 5.41) is 2.86. The molecule has 1 atom stereocenters. The highest BCUT2D eigenvalue weighted by Gasteiger charge is 2.33. The van der Waals surface area contributed by atoms with Crippen molar-refractivity contribution in [3.8, 4) is 5.75 Å². The highest BCUT2D eigenvalue weighted by atomic mass is 16.5. The molecule has 0 unspecified atom stereocenters. The second-order valence-corrected chi connectivity index (χ2v) is 6.69. The Hall–Kier alpha value is -2.08. The molecule has 0 aliphatic carbocycles. The van der Waals surface area contributed by atoms with Gasteiger partial charge in [0, 0.05) is 12.3 Å². The summed E-state index contributed by atoms with van der Waals surface area (Å²) in [6.45, 7) is 8.91. The fraction of sp³-hybridized carbons (Fsp3) is 0.619. The third kappa shape index (κ3) is 6.86. The Labute approximate surface area is 162 Å². The lowest BCUT2D eigenvalue weighted by molar-refractivity contribution is -0.140. The van der Waals surface area contributed by atoms with Gasteiger partial charge < -0.3 is 19.5 Å². The van der Waals surface area contributed by atoms with Gasteiger partial charge in [0.2, 0.25) is 0 Å². The van der Waals surface area contributed by atoms with Gasteiger partial charge in [-0.3, -0.25) is 4.79 Å². The summed E-state index contributed by atoms with van der Waals surface area (Å²) >= 11 is 0.